The molecule has 0 fully saturated rings. The number of rotatable bonds is 10. The lowest BCUT2D eigenvalue weighted by Gasteiger charge is -2.24. The second-order valence-corrected chi connectivity index (χ2v) is 6.58. The summed E-state index contributed by atoms with van der Waals surface area (Å²) in [7, 11) is 0. The van der Waals surface area contributed by atoms with E-state index in [4.69, 9.17) is 0 Å². The number of carbonyl (C=O) groups is 1. The summed E-state index contributed by atoms with van der Waals surface area (Å²) in [5, 5.41) is 9.46. The molecule has 1 aromatic carbocycles. The number of hydrogen-bond donors (Lipinski definition) is 3. The SMILES string of the molecule is CCNC(=NCCC(=O)NC(C)C)NCCN(CC)c1cccc(C)c1.I. The van der Waals surface area contributed by atoms with E-state index in [0.29, 0.717) is 13.0 Å². The largest absolute Gasteiger partial charge is 0.370 e. The Balaban J connectivity index is 0.00000676. The number of aryl methyl sites for hydroxylation is 1. The lowest BCUT2D eigenvalue weighted by molar-refractivity contribution is -0.121. The van der Waals surface area contributed by atoms with Crippen LogP contribution in [0.2, 0.25) is 0 Å². The Bertz CT molecular complexity index is 577. The number of aliphatic imine (C=N–C) groups is 1. The van der Waals surface area contributed by atoms with Crippen LogP contribution in [-0.4, -0.2) is 50.6 Å². The molecular weight excluding hydrogens is 453 g/mol. The molecule has 0 saturated carbocycles. The molecule has 27 heavy (non-hydrogen) atoms. The van der Waals surface area contributed by atoms with Crippen LogP contribution in [0.4, 0.5) is 5.69 Å². The second kappa shape index (κ2) is 14.5. The molecule has 0 aromatic heterocycles. The highest BCUT2D eigenvalue weighted by Gasteiger charge is 2.06. The summed E-state index contributed by atoms with van der Waals surface area (Å²) >= 11 is 0. The number of hydrogen-bond acceptors (Lipinski definition) is 3. The van der Waals surface area contributed by atoms with Gasteiger partial charge < -0.3 is 20.9 Å². The monoisotopic (exact) mass is 489 g/mol. The third-order valence-corrected chi connectivity index (χ3v) is 3.83. The summed E-state index contributed by atoms with van der Waals surface area (Å²) in [5.74, 6) is 0.793. The number of anilines is 1. The summed E-state index contributed by atoms with van der Waals surface area (Å²) in [5.41, 5.74) is 2.50. The molecule has 0 unspecified atom stereocenters. The van der Waals surface area contributed by atoms with Gasteiger partial charge in [0.05, 0.1) is 6.54 Å². The number of nitrogens with one attached hydrogen (secondary N) is 3. The summed E-state index contributed by atoms with van der Waals surface area (Å²) in [4.78, 5) is 18.5. The topological polar surface area (TPSA) is 68.8 Å². The van der Waals surface area contributed by atoms with Crippen LogP contribution in [0, 0.1) is 6.92 Å². The average molecular weight is 489 g/mol. The predicted octanol–water partition coefficient (Wildman–Crippen LogP) is 2.91. The molecule has 6 nitrogen and oxygen atoms in total. The zero-order valence-electron chi connectivity index (χ0n) is 17.3. The van der Waals surface area contributed by atoms with E-state index in [1.807, 2.05) is 20.8 Å². The number of likely N-dealkylation sites (N-methyl/N-ethyl adjacent to an activating group) is 1. The van der Waals surface area contributed by atoms with Crippen molar-refractivity contribution in [3.05, 3.63) is 29.8 Å². The van der Waals surface area contributed by atoms with Crippen LogP contribution in [-0.2, 0) is 4.79 Å². The minimum Gasteiger partial charge on any atom is -0.370 e. The van der Waals surface area contributed by atoms with Gasteiger partial charge in [0.25, 0.3) is 0 Å². The first-order valence-electron chi connectivity index (χ1n) is 9.59. The van der Waals surface area contributed by atoms with Gasteiger partial charge in [-0.15, -0.1) is 24.0 Å². The molecule has 1 rings (SSSR count). The third-order valence-electron chi connectivity index (χ3n) is 3.83. The third kappa shape index (κ3) is 11.0. The van der Waals surface area contributed by atoms with E-state index in [1.165, 1.54) is 11.3 Å². The maximum atomic E-state index is 11.7. The first-order chi connectivity index (χ1) is 12.5. The zero-order valence-corrected chi connectivity index (χ0v) is 19.7. The molecule has 0 aliphatic heterocycles. The van der Waals surface area contributed by atoms with Gasteiger partial charge in [-0.2, -0.15) is 0 Å². The molecule has 0 radical (unpaired) electrons. The lowest BCUT2D eigenvalue weighted by atomic mass is 10.2. The van der Waals surface area contributed by atoms with Crippen molar-refractivity contribution < 1.29 is 4.79 Å². The van der Waals surface area contributed by atoms with Crippen molar-refractivity contribution in [1.29, 1.82) is 0 Å². The molecule has 0 aliphatic carbocycles. The van der Waals surface area contributed by atoms with E-state index in [-0.39, 0.29) is 35.9 Å². The summed E-state index contributed by atoms with van der Waals surface area (Å²) < 4.78 is 0. The highest BCUT2D eigenvalue weighted by Crippen LogP contribution is 2.14. The van der Waals surface area contributed by atoms with Gasteiger partial charge in [-0.25, -0.2) is 0 Å². The van der Waals surface area contributed by atoms with Crippen LogP contribution < -0.4 is 20.9 Å². The maximum Gasteiger partial charge on any atom is 0.222 e. The Labute approximate surface area is 181 Å². The number of halogens is 1. The van der Waals surface area contributed by atoms with Gasteiger partial charge in [-0.3, -0.25) is 9.79 Å². The maximum absolute atomic E-state index is 11.7. The molecule has 0 spiro atoms. The van der Waals surface area contributed by atoms with Crippen molar-refractivity contribution in [1.82, 2.24) is 16.0 Å². The van der Waals surface area contributed by atoms with Gasteiger partial charge in [-0.05, 0) is 52.3 Å². The van der Waals surface area contributed by atoms with E-state index in [2.05, 4.69) is 64.0 Å². The first-order valence-corrected chi connectivity index (χ1v) is 9.59. The van der Waals surface area contributed by atoms with Crippen LogP contribution in [0.25, 0.3) is 0 Å². The summed E-state index contributed by atoms with van der Waals surface area (Å²) in [6.07, 6.45) is 0.402. The number of nitrogens with zero attached hydrogens (tertiary/aromatic N) is 2. The number of amides is 1. The van der Waals surface area contributed by atoms with Crippen molar-refractivity contribution in [3.63, 3.8) is 0 Å². The van der Waals surface area contributed by atoms with Gasteiger partial charge in [0.1, 0.15) is 0 Å². The van der Waals surface area contributed by atoms with Gasteiger partial charge >= 0.3 is 0 Å². The molecule has 0 bridgehead atoms. The van der Waals surface area contributed by atoms with Crippen LogP contribution in [0.15, 0.2) is 29.3 Å². The molecule has 0 aliphatic rings. The standard InChI is InChI=1S/C20H35N5O.HI/c1-6-21-20(22-12-11-19(26)24-16(3)4)23-13-14-25(7-2)18-10-8-9-17(5)15-18;/h8-10,15-16H,6-7,11-14H2,1-5H3,(H,24,26)(H2,21,22,23);1H. The van der Waals surface area contributed by atoms with Gasteiger partial charge in [0, 0.05) is 44.3 Å². The van der Waals surface area contributed by atoms with Crippen LogP contribution in [0.1, 0.15) is 39.7 Å². The molecule has 1 amide bonds. The van der Waals surface area contributed by atoms with Crippen molar-refractivity contribution >= 4 is 41.5 Å². The Kier molecular flexibility index (Phi) is 13.7. The zero-order chi connectivity index (χ0) is 19.4. The van der Waals surface area contributed by atoms with Crippen molar-refractivity contribution in [2.24, 2.45) is 4.99 Å². The average Bonchev–Trinajstić information content (AvgIpc) is 2.58. The van der Waals surface area contributed by atoms with E-state index >= 15 is 0 Å². The molecule has 1 aromatic rings. The van der Waals surface area contributed by atoms with E-state index in [9.17, 15) is 4.79 Å². The fourth-order valence-electron chi connectivity index (χ4n) is 2.61. The van der Waals surface area contributed by atoms with Crippen LogP contribution >= 0.6 is 24.0 Å². The smallest absolute Gasteiger partial charge is 0.222 e. The van der Waals surface area contributed by atoms with Gasteiger partial charge in [0.2, 0.25) is 5.91 Å². The fourth-order valence-corrected chi connectivity index (χ4v) is 2.61. The first kappa shape index (κ1) is 25.5. The summed E-state index contributed by atoms with van der Waals surface area (Å²) in [6, 6.07) is 8.72. The van der Waals surface area contributed by atoms with Crippen molar-refractivity contribution in [3.8, 4) is 0 Å². The number of benzene rings is 1. The minimum atomic E-state index is 0. The fraction of sp³-hybridized carbons (Fsp3) is 0.600. The van der Waals surface area contributed by atoms with Crippen LogP contribution in [0.5, 0.6) is 0 Å². The molecule has 0 heterocycles. The Morgan fingerprint density at radius 2 is 1.96 bits per heavy atom. The Morgan fingerprint density at radius 1 is 1.22 bits per heavy atom. The molecule has 0 saturated heterocycles. The van der Waals surface area contributed by atoms with E-state index in [0.717, 1.165) is 32.1 Å². The molecule has 7 heteroatoms. The highest BCUT2D eigenvalue weighted by molar-refractivity contribution is 14.0. The molecule has 0 atom stereocenters. The Morgan fingerprint density at radius 3 is 2.56 bits per heavy atom. The molecule has 3 N–H and O–H groups in total. The lowest BCUT2D eigenvalue weighted by Crippen LogP contribution is -2.42. The number of carbonyl (C=O) groups excluding carboxylic acids is 1. The second-order valence-electron chi connectivity index (χ2n) is 6.58. The summed E-state index contributed by atoms with van der Waals surface area (Å²) in [6.45, 7) is 14.1. The molecular formula is C20H36IN5O. The normalized spacial score (nSPS) is 11.0. The van der Waals surface area contributed by atoms with E-state index in [1.54, 1.807) is 0 Å². The van der Waals surface area contributed by atoms with E-state index < -0.39 is 0 Å². The quantitative estimate of drug-likeness (QED) is 0.269. The van der Waals surface area contributed by atoms with Crippen molar-refractivity contribution in [2.75, 3.05) is 37.6 Å². The number of guanidine groups is 1. The predicted molar refractivity (Wildman–Crippen MR) is 126 cm³/mol. The Hall–Kier alpha value is -1.51. The molecule has 154 valence electrons. The van der Waals surface area contributed by atoms with Crippen molar-refractivity contribution in [2.45, 2.75) is 47.1 Å². The van der Waals surface area contributed by atoms with Gasteiger partial charge in [-0.1, -0.05) is 12.1 Å². The minimum absolute atomic E-state index is 0. The highest BCUT2D eigenvalue weighted by atomic mass is 127. The van der Waals surface area contributed by atoms with Gasteiger partial charge in [0.15, 0.2) is 5.96 Å². The van der Waals surface area contributed by atoms with Crippen LogP contribution in [0.3, 0.4) is 0 Å².